The number of phenolic OH excluding ortho intramolecular Hbond substituents is 2. The van der Waals surface area contributed by atoms with Crippen LogP contribution in [-0.2, 0) is 9.59 Å². The Bertz CT molecular complexity index is 1090. The van der Waals surface area contributed by atoms with Crippen molar-refractivity contribution in [1.29, 1.82) is 0 Å². The summed E-state index contributed by atoms with van der Waals surface area (Å²) in [4.78, 5) is 27.2. The summed E-state index contributed by atoms with van der Waals surface area (Å²) in [6, 6.07) is 12.7. The quantitative estimate of drug-likeness (QED) is 0.126. The topological polar surface area (TPSA) is 217 Å². The van der Waals surface area contributed by atoms with E-state index in [9.17, 15) is 19.8 Å². The molecule has 12 nitrogen and oxygen atoms in total. The molecule has 0 atom stereocenters. The molecule has 0 aliphatic rings. The molecule has 0 aliphatic carbocycles. The van der Waals surface area contributed by atoms with Gasteiger partial charge in [-0.1, -0.05) is 13.2 Å². The minimum atomic E-state index is -0.981. The van der Waals surface area contributed by atoms with Crippen molar-refractivity contribution in [2.45, 2.75) is 38.8 Å². The minimum Gasteiger partial charge on any atom is -0.508 e. The molecule has 204 valence electrons. The van der Waals surface area contributed by atoms with Crippen LogP contribution in [0.1, 0.15) is 27.7 Å². The van der Waals surface area contributed by atoms with Crippen LogP contribution < -0.4 is 11.5 Å². The maximum Gasteiger partial charge on any atom is 0.327 e. The molecule has 2 aromatic carbocycles. The molecule has 0 aromatic heterocycles. The fourth-order valence-corrected chi connectivity index (χ4v) is 1.96. The van der Waals surface area contributed by atoms with Crippen LogP contribution >= 0.6 is 0 Å². The highest BCUT2D eigenvalue weighted by Crippen LogP contribution is 2.23. The minimum absolute atomic E-state index is 0.154. The second-order valence-corrected chi connectivity index (χ2v) is 8.43. The maximum absolute atomic E-state index is 9.35. The van der Waals surface area contributed by atoms with Crippen LogP contribution in [0.5, 0.6) is 11.5 Å². The molecule has 2 rings (SSSR count). The lowest BCUT2D eigenvalue weighted by Crippen LogP contribution is -2.39. The molecule has 0 heterocycles. The van der Waals surface area contributed by atoms with Crippen LogP contribution in [-0.4, -0.2) is 55.1 Å². The summed E-state index contributed by atoms with van der Waals surface area (Å²) in [5.41, 5.74) is 11.7. The van der Waals surface area contributed by atoms with Crippen molar-refractivity contribution in [3.8, 4) is 11.5 Å². The van der Waals surface area contributed by atoms with Gasteiger partial charge in [0.05, 0.1) is 11.4 Å². The number of amidine groups is 2. The molecule has 0 unspecified atom stereocenters. The van der Waals surface area contributed by atoms with Crippen molar-refractivity contribution in [3.63, 3.8) is 0 Å². The highest BCUT2D eigenvalue weighted by molar-refractivity contribution is 5.92. The lowest BCUT2D eigenvalue weighted by molar-refractivity contribution is -0.132. The van der Waals surface area contributed by atoms with Gasteiger partial charge in [-0.05, 0) is 76.2 Å². The molecule has 0 aliphatic heterocycles. The van der Waals surface area contributed by atoms with Gasteiger partial charge in [-0.15, -0.1) is 0 Å². The molecule has 0 saturated carbocycles. The average Bonchev–Trinajstić information content (AvgIpc) is 2.86. The highest BCUT2D eigenvalue weighted by atomic mass is 16.4. The van der Waals surface area contributed by atoms with Crippen LogP contribution in [0.4, 0.5) is 11.4 Å². The maximum atomic E-state index is 9.35. The predicted molar refractivity (Wildman–Crippen MR) is 147 cm³/mol. The molecule has 12 heteroatoms. The van der Waals surface area contributed by atoms with E-state index in [0.717, 1.165) is 12.2 Å². The van der Waals surface area contributed by atoms with Crippen LogP contribution in [0.2, 0.25) is 0 Å². The zero-order valence-corrected chi connectivity index (χ0v) is 21.7. The Morgan fingerprint density at radius 2 is 0.921 bits per heavy atom. The van der Waals surface area contributed by atoms with Crippen molar-refractivity contribution in [3.05, 3.63) is 73.8 Å². The van der Waals surface area contributed by atoms with E-state index < -0.39 is 23.0 Å². The van der Waals surface area contributed by atoms with E-state index in [1.54, 1.807) is 52.0 Å². The molecule has 0 fully saturated rings. The fourth-order valence-electron chi connectivity index (χ4n) is 1.96. The first-order valence-corrected chi connectivity index (χ1v) is 11.0. The molecule has 0 saturated heterocycles. The number of carbonyl (C=O) groups is 2. The Morgan fingerprint density at radius 1 is 0.684 bits per heavy atom. The largest absolute Gasteiger partial charge is 0.508 e. The van der Waals surface area contributed by atoms with E-state index in [4.69, 9.17) is 21.7 Å². The zero-order valence-electron chi connectivity index (χ0n) is 21.7. The van der Waals surface area contributed by atoms with Gasteiger partial charge in [-0.2, -0.15) is 10.2 Å². The summed E-state index contributed by atoms with van der Waals surface area (Å²) < 4.78 is 0. The average molecular weight is 527 g/mol. The monoisotopic (exact) mass is 526 g/mol. The van der Waals surface area contributed by atoms with Crippen LogP contribution in [0, 0.1) is 0 Å². The van der Waals surface area contributed by atoms with Gasteiger partial charge in [0.25, 0.3) is 0 Å². The summed E-state index contributed by atoms with van der Waals surface area (Å²) in [6.07, 6.45) is 1.67. The van der Waals surface area contributed by atoms with Crippen LogP contribution in [0.3, 0.4) is 0 Å². The van der Waals surface area contributed by atoms with Gasteiger partial charge < -0.3 is 31.9 Å². The van der Waals surface area contributed by atoms with E-state index in [1.807, 2.05) is 0 Å². The standard InChI is InChI=1S/C20H26N6O2.2C3H4O2/c1-19(2,17(21)23-13-5-9-15(27)10-6-13)25-26-20(3,4)18(22)24-14-7-11-16(28)12-8-14;2*1-2-3(4)5/h5-12,27-28H,1-4H3,(H2,21,23)(H2,22,24);2*2H,1H2,(H,4,5). The second-order valence-electron chi connectivity index (χ2n) is 8.43. The molecule has 8 N–H and O–H groups in total. The first-order valence-electron chi connectivity index (χ1n) is 11.0. The number of benzene rings is 2. The summed E-state index contributed by atoms with van der Waals surface area (Å²) in [7, 11) is 0. The van der Waals surface area contributed by atoms with Crippen LogP contribution in [0.25, 0.3) is 0 Å². The summed E-state index contributed by atoms with van der Waals surface area (Å²) in [5, 5.41) is 42.6. The van der Waals surface area contributed by atoms with Crippen LogP contribution in [0.15, 0.2) is 94.1 Å². The number of phenols is 2. The molecule has 0 spiro atoms. The number of rotatable bonds is 8. The third kappa shape index (κ3) is 13.2. The summed E-state index contributed by atoms with van der Waals surface area (Å²) in [6.45, 7) is 13.1. The Morgan fingerprint density at radius 3 is 1.13 bits per heavy atom. The molecular formula is C26H34N6O6. The third-order valence-electron chi connectivity index (χ3n) is 4.35. The van der Waals surface area contributed by atoms with Crippen molar-refractivity contribution >= 4 is 35.0 Å². The van der Waals surface area contributed by atoms with Crippen molar-refractivity contribution in [2.75, 3.05) is 0 Å². The zero-order chi connectivity index (χ0) is 29.5. The third-order valence-corrected chi connectivity index (χ3v) is 4.35. The normalized spacial score (nSPS) is 11.9. The summed E-state index contributed by atoms with van der Waals surface area (Å²) >= 11 is 0. The van der Waals surface area contributed by atoms with Gasteiger partial charge in [-0.25, -0.2) is 19.6 Å². The first-order chi connectivity index (χ1) is 17.5. The number of carboxylic acids is 2. The molecular weight excluding hydrogens is 492 g/mol. The number of azo groups is 1. The molecule has 0 amide bonds. The number of aliphatic imine (C=N–C) groups is 2. The number of nitrogens with zero attached hydrogens (tertiary/aromatic N) is 4. The first kappa shape index (κ1) is 33.0. The second kappa shape index (κ2) is 15.2. The van der Waals surface area contributed by atoms with Gasteiger partial charge in [0.15, 0.2) is 0 Å². The molecule has 38 heavy (non-hydrogen) atoms. The predicted octanol–water partition coefficient (Wildman–Crippen LogP) is 4.30. The Hall–Kier alpha value is -5.00. The van der Waals surface area contributed by atoms with Gasteiger partial charge in [0.1, 0.15) is 34.2 Å². The Balaban J connectivity index is 0.00000116. The van der Waals surface area contributed by atoms with E-state index in [-0.39, 0.29) is 23.2 Å². The van der Waals surface area contributed by atoms with Gasteiger partial charge >= 0.3 is 11.9 Å². The van der Waals surface area contributed by atoms with E-state index >= 15 is 0 Å². The summed E-state index contributed by atoms with van der Waals surface area (Å²) in [5.74, 6) is -1.11. The van der Waals surface area contributed by atoms with E-state index in [2.05, 4.69) is 33.4 Å². The van der Waals surface area contributed by atoms with Gasteiger partial charge in [0.2, 0.25) is 0 Å². The molecule has 0 radical (unpaired) electrons. The van der Waals surface area contributed by atoms with Gasteiger partial charge in [-0.3, -0.25) is 0 Å². The number of nitrogens with two attached hydrogens (primary N) is 2. The van der Waals surface area contributed by atoms with Crippen molar-refractivity contribution in [1.82, 2.24) is 0 Å². The molecule has 2 aromatic rings. The number of aromatic hydroxyl groups is 2. The molecule has 0 bridgehead atoms. The SMILES string of the molecule is C=CC(=O)O.C=CC(=O)O.CC(C)(N=NC(C)(C)C(N)=Nc1ccc(O)cc1)C(N)=Nc1ccc(O)cc1. The van der Waals surface area contributed by atoms with Crippen molar-refractivity contribution < 1.29 is 30.0 Å². The number of aliphatic carboxylic acids is 2. The van der Waals surface area contributed by atoms with E-state index in [0.29, 0.717) is 11.4 Å². The smallest absolute Gasteiger partial charge is 0.327 e. The Kier molecular flexibility index (Phi) is 13.2. The lowest BCUT2D eigenvalue weighted by atomic mass is 10.0. The number of hydrogen-bond donors (Lipinski definition) is 6. The van der Waals surface area contributed by atoms with E-state index in [1.165, 1.54) is 24.3 Å². The van der Waals surface area contributed by atoms with Crippen molar-refractivity contribution in [2.24, 2.45) is 31.7 Å². The lowest BCUT2D eigenvalue weighted by Gasteiger charge is -2.22. The number of carboxylic acid groups (broad SMARTS) is 2. The van der Waals surface area contributed by atoms with Gasteiger partial charge in [0, 0.05) is 12.2 Å². The highest BCUT2D eigenvalue weighted by Gasteiger charge is 2.27. The number of hydrogen-bond acceptors (Lipinski definition) is 8. The fraction of sp³-hybridized carbons (Fsp3) is 0.231. The Labute approximate surface area is 221 Å².